The van der Waals surface area contributed by atoms with E-state index in [4.69, 9.17) is 9.15 Å². The van der Waals surface area contributed by atoms with Crippen LogP contribution in [0.1, 0.15) is 18.5 Å². The van der Waals surface area contributed by atoms with Gasteiger partial charge in [0.1, 0.15) is 17.8 Å². The monoisotopic (exact) mass is 248 g/mol. The summed E-state index contributed by atoms with van der Waals surface area (Å²) in [6, 6.07) is 6.34. The fourth-order valence-corrected chi connectivity index (χ4v) is 1.56. The molecule has 2 aromatic rings. The predicted octanol–water partition coefficient (Wildman–Crippen LogP) is 2.86. The molecule has 0 spiro atoms. The minimum Gasteiger partial charge on any atom is -0.417 e. The minimum atomic E-state index is -0.302. The van der Waals surface area contributed by atoms with Gasteiger partial charge in [0.2, 0.25) is 0 Å². The highest BCUT2D eigenvalue weighted by molar-refractivity contribution is 5.24. The van der Waals surface area contributed by atoms with E-state index in [9.17, 15) is 4.39 Å². The molecule has 1 aliphatic rings. The highest BCUT2D eigenvalue weighted by Gasteiger charge is 2.20. The van der Waals surface area contributed by atoms with Gasteiger partial charge in [0.25, 0.3) is 0 Å². The second kappa shape index (κ2) is 4.78. The summed E-state index contributed by atoms with van der Waals surface area (Å²) in [6.45, 7) is 0.681. The highest BCUT2D eigenvalue weighted by atomic mass is 19.1. The Labute approximate surface area is 104 Å². The number of rotatable bonds is 5. The fourth-order valence-electron chi connectivity index (χ4n) is 1.56. The topological polar surface area (TPSA) is 47.3 Å². The van der Waals surface area contributed by atoms with Crippen LogP contribution in [0, 0.1) is 5.82 Å². The summed E-state index contributed by atoms with van der Waals surface area (Å²) < 4.78 is 23.3. The molecular weight excluding hydrogens is 235 g/mol. The van der Waals surface area contributed by atoms with Crippen molar-refractivity contribution in [2.45, 2.75) is 25.4 Å². The maximum Gasteiger partial charge on any atom is 0.399 e. The number of ether oxygens (including phenoxy) is 1. The Balaban J connectivity index is 1.60. The Kier molecular flexibility index (Phi) is 2.98. The lowest BCUT2D eigenvalue weighted by molar-refractivity contribution is 0.330. The van der Waals surface area contributed by atoms with E-state index in [0.717, 1.165) is 5.69 Å². The summed E-state index contributed by atoms with van der Waals surface area (Å²) >= 11 is 0. The number of oxazole rings is 1. The molecular formula is C13H13FN2O2. The molecule has 0 bridgehead atoms. The number of benzene rings is 1. The number of nitrogens with zero attached hydrogens (tertiary/aromatic N) is 1. The molecule has 0 aliphatic heterocycles. The van der Waals surface area contributed by atoms with Gasteiger partial charge in [-0.15, -0.1) is 0 Å². The largest absolute Gasteiger partial charge is 0.417 e. The molecule has 5 heteroatoms. The first-order valence-corrected chi connectivity index (χ1v) is 5.91. The number of aromatic nitrogens is 1. The maximum absolute atomic E-state index is 12.7. The Bertz CT molecular complexity index is 520. The second-order valence-electron chi connectivity index (χ2n) is 4.32. The second-order valence-corrected chi connectivity index (χ2v) is 4.32. The quantitative estimate of drug-likeness (QED) is 0.883. The van der Waals surface area contributed by atoms with Gasteiger partial charge in [-0.05, 0) is 37.1 Å². The van der Waals surface area contributed by atoms with Crippen LogP contribution < -0.4 is 10.1 Å². The molecule has 0 amide bonds. The lowest BCUT2D eigenvalue weighted by Crippen LogP contribution is -2.15. The molecule has 0 unspecified atom stereocenters. The van der Waals surface area contributed by atoms with Crippen LogP contribution in [0.2, 0.25) is 0 Å². The van der Waals surface area contributed by atoms with Crippen molar-refractivity contribution in [3.63, 3.8) is 0 Å². The van der Waals surface area contributed by atoms with Crippen LogP contribution in [0.25, 0.3) is 0 Å². The Hall–Kier alpha value is -1.88. The molecule has 0 radical (unpaired) electrons. The van der Waals surface area contributed by atoms with Crippen molar-refractivity contribution in [1.29, 1.82) is 0 Å². The Morgan fingerprint density at radius 1 is 1.33 bits per heavy atom. The van der Waals surface area contributed by atoms with Crippen molar-refractivity contribution in [1.82, 2.24) is 10.3 Å². The van der Waals surface area contributed by atoms with E-state index in [-0.39, 0.29) is 11.9 Å². The van der Waals surface area contributed by atoms with E-state index in [1.807, 2.05) is 0 Å². The summed E-state index contributed by atoms with van der Waals surface area (Å²) in [6.07, 6.45) is 4.20. The zero-order valence-electron chi connectivity index (χ0n) is 9.73. The molecule has 1 fully saturated rings. The highest BCUT2D eigenvalue weighted by Crippen LogP contribution is 2.22. The number of halogens is 1. The smallest absolute Gasteiger partial charge is 0.399 e. The lowest BCUT2D eigenvalue weighted by Gasteiger charge is -1.99. The van der Waals surface area contributed by atoms with Crippen LogP contribution >= 0.6 is 0 Å². The third-order valence-corrected chi connectivity index (χ3v) is 2.70. The molecule has 1 N–H and O–H groups in total. The van der Waals surface area contributed by atoms with E-state index in [0.29, 0.717) is 18.3 Å². The van der Waals surface area contributed by atoms with Crippen molar-refractivity contribution in [2.24, 2.45) is 0 Å². The molecule has 0 saturated heterocycles. The van der Waals surface area contributed by atoms with E-state index in [2.05, 4.69) is 10.3 Å². The summed E-state index contributed by atoms with van der Waals surface area (Å²) in [7, 11) is 0. The van der Waals surface area contributed by atoms with Gasteiger partial charge < -0.3 is 14.5 Å². The van der Waals surface area contributed by atoms with Gasteiger partial charge in [-0.1, -0.05) is 0 Å². The molecule has 0 atom stereocenters. The SMILES string of the molecule is Fc1ccc(Oc2nc(CNC3CC3)co2)cc1. The normalized spacial score (nSPS) is 14.7. The van der Waals surface area contributed by atoms with E-state index < -0.39 is 0 Å². The van der Waals surface area contributed by atoms with Gasteiger partial charge in [0.05, 0.1) is 5.69 Å². The zero-order chi connectivity index (χ0) is 12.4. The average molecular weight is 248 g/mol. The standard InChI is InChI=1S/C13H13FN2O2/c14-9-1-5-12(6-2-9)18-13-16-11(8-17-13)7-15-10-3-4-10/h1-2,5-6,8,10,15H,3-4,7H2. The Morgan fingerprint density at radius 2 is 2.11 bits per heavy atom. The first-order chi connectivity index (χ1) is 8.79. The lowest BCUT2D eigenvalue weighted by atomic mass is 10.3. The third kappa shape index (κ3) is 2.87. The van der Waals surface area contributed by atoms with Gasteiger partial charge >= 0.3 is 6.08 Å². The number of hydrogen-bond donors (Lipinski definition) is 1. The van der Waals surface area contributed by atoms with Gasteiger partial charge in [0.15, 0.2) is 0 Å². The minimum absolute atomic E-state index is 0.175. The van der Waals surface area contributed by atoms with E-state index in [1.165, 1.54) is 37.1 Å². The predicted molar refractivity (Wildman–Crippen MR) is 62.8 cm³/mol. The van der Waals surface area contributed by atoms with Gasteiger partial charge in [-0.2, -0.15) is 4.98 Å². The first kappa shape index (κ1) is 11.2. The van der Waals surface area contributed by atoms with Crippen LogP contribution in [0.5, 0.6) is 11.8 Å². The Morgan fingerprint density at radius 3 is 2.83 bits per heavy atom. The summed E-state index contributed by atoms with van der Waals surface area (Å²) in [4.78, 5) is 4.18. The van der Waals surface area contributed by atoms with Crippen molar-refractivity contribution in [2.75, 3.05) is 0 Å². The zero-order valence-corrected chi connectivity index (χ0v) is 9.73. The fraction of sp³-hybridized carbons (Fsp3) is 0.308. The maximum atomic E-state index is 12.7. The first-order valence-electron chi connectivity index (χ1n) is 5.91. The molecule has 1 saturated carbocycles. The van der Waals surface area contributed by atoms with Gasteiger partial charge in [-0.3, -0.25) is 0 Å². The van der Waals surface area contributed by atoms with Crippen molar-refractivity contribution in [3.05, 3.63) is 42.0 Å². The van der Waals surface area contributed by atoms with Crippen LogP contribution in [-0.2, 0) is 6.54 Å². The average Bonchev–Trinajstić information content (AvgIpc) is 3.10. The van der Waals surface area contributed by atoms with Crippen molar-refractivity contribution in [3.8, 4) is 11.8 Å². The molecule has 1 aliphatic carbocycles. The molecule has 94 valence electrons. The molecule has 18 heavy (non-hydrogen) atoms. The van der Waals surface area contributed by atoms with Crippen LogP contribution in [-0.4, -0.2) is 11.0 Å². The summed E-state index contributed by atoms with van der Waals surface area (Å²) in [5, 5.41) is 3.33. The van der Waals surface area contributed by atoms with Crippen LogP contribution in [0.15, 0.2) is 34.9 Å². The van der Waals surface area contributed by atoms with E-state index in [1.54, 1.807) is 6.26 Å². The number of nitrogens with one attached hydrogen (secondary N) is 1. The van der Waals surface area contributed by atoms with Gasteiger partial charge in [0, 0.05) is 12.6 Å². The van der Waals surface area contributed by atoms with Crippen LogP contribution in [0.4, 0.5) is 4.39 Å². The third-order valence-electron chi connectivity index (χ3n) is 2.70. The van der Waals surface area contributed by atoms with Gasteiger partial charge in [-0.25, -0.2) is 4.39 Å². The van der Waals surface area contributed by atoms with Crippen LogP contribution in [0.3, 0.4) is 0 Å². The molecule has 1 aromatic heterocycles. The number of hydrogen-bond acceptors (Lipinski definition) is 4. The summed E-state index contributed by atoms with van der Waals surface area (Å²) in [5.41, 5.74) is 0.805. The van der Waals surface area contributed by atoms with Crippen molar-refractivity contribution < 1.29 is 13.5 Å². The van der Waals surface area contributed by atoms with E-state index >= 15 is 0 Å². The summed E-state index contributed by atoms with van der Waals surface area (Å²) in [5.74, 6) is 0.198. The molecule has 1 heterocycles. The molecule has 4 nitrogen and oxygen atoms in total. The van der Waals surface area contributed by atoms with Crippen molar-refractivity contribution >= 4 is 0 Å². The molecule has 1 aromatic carbocycles. The molecule has 3 rings (SSSR count).